The number of aryl methyl sites for hydroxylation is 2. The van der Waals surface area contributed by atoms with E-state index in [2.05, 4.69) is 15.5 Å². The van der Waals surface area contributed by atoms with Crippen molar-refractivity contribution in [2.45, 2.75) is 42.6 Å². The number of imidazole rings is 1. The zero-order valence-electron chi connectivity index (χ0n) is 15.0. The van der Waals surface area contributed by atoms with Gasteiger partial charge < -0.3 is 9.09 Å². The predicted octanol–water partition coefficient (Wildman–Crippen LogP) is 2.12. The van der Waals surface area contributed by atoms with Gasteiger partial charge in [-0.3, -0.25) is 10.1 Å². The maximum absolute atomic E-state index is 12.4. The van der Waals surface area contributed by atoms with Crippen molar-refractivity contribution in [2.24, 2.45) is 5.14 Å². The summed E-state index contributed by atoms with van der Waals surface area (Å²) in [7, 11) is -3.81. The molecule has 2 aromatic heterocycles. The van der Waals surface area contributed by atoms with E-state index in [9.17, 15) is 13.2 Å². The van der Waals surface area contributed by atoms with Gasteiger partial charge in [0, 0.05) is 12.6 Å². The highest BCUT2D eigenvalue weighted by Gasteiger charge is 2.21. The van der Waals surface area contributed by atoms with Crippen molar-refractivity contribution >= 4 is 44.6 Å². The molecule has 1 aromatic carbocycles. The number of anilines is 1. The zero-order chi connectivity index (χ0) is 19.8. The first kappa shape index (κ1) is 19.4. The van der Waals surface area contributed by atoms with Crippen LogP contribution in [0.5, 0.6) is 0 Å². The predicted molar refractivity (Wildman–Crippen MR) is 102 cm³/mol. The van der Waals surface area contributed by atoms with Gasteiger partial charge >= 0.3 is 0 Å². The highest BCUT2D eigenvalue weighted by atomic mass is 32.2. The molecule has 0 radical (unpaired) electrons. The summed E-state index contributed by atoms with van der Waals surface area (Å²) >= 11 is 1.27. The number of nitrogens with zero attached hydrogens (tertiary/aromatic N) is 3. The lowest BCUT2D eigenvalue weighted by atomic mass is 10.3. The van der Waals surface area contributed by atoms with Crippen LogP contribution in [0.4, 0.5) is 5.88 Å². The number of carbonyl (C=O) groups excluding carboxylic acids is 1. The van der Waals surface area contributed by atoms with Crippen LogP contribution in [0.15, 0.2) is 38.8 Å². The Morgan fingerprint density at radius 3 is 2.74 bits per heavy atom. The number of amides is 1. The second-order valence-electron chi connectivity index (χ2n) is 5.92. The van der Waals surface area contributed by atoms with E-state index in [0.29, 0.717) is 22.9 Å². The summed E-state index contributed by atoms with van der Waals surface area (Å²) in [5.74, 6) is 0.0304. The summed E-state index contributed by atoms with van der Waals surface area (Å²) in [5, 5.41) is 11.7. The molecule has 9 nitrogen and oxygen atoms in total. The maximum Gasteiger partial charge on any atom is 0.240 e. The molecule has 1 atom stereocenters. The molecule has 2 heterocycles. The Bertz CT molecular complexity index is 1100. The Morgan fingerprint density at radius 1 is 1.41 bits per heavy atom. The Balaban J connectivity index is 1.85. The number of hydrogen-bond donors (Lipinski definition) is 2. The molecule has 144 valence electrons. The van der Waals surface area contributed by atoms with Crippen LogP contribution in [0.1, 0.15) is 19.5 Å². The van der Waals surface area contributed by atoms with Gasteiger partial charge in [-0.1, -0.05) is 16.9 Å². The number of aromatic nitrogens is 3. The Kier molecular flexibility index (Phi) is 5.27. The van der Waals surface area contributed by atoms with Gasteiger partial charge in [-0.25, -0.2) is 18.5 Å². The van der Waals surface area contributed by atoms with Gasteiger partial charge in [0.1, 0.15) is 0 Å². The van der Waals surface area contributed by atoms with E-state index < -0.39 is 15.3 Å². The molecule has 0 fully saturated rings. The quantitative estimate of drug-likeness (QED) is 0.596. The largest absolute Gasteiger partial charge is 0.338 e. The number of sulfonamides is 1. The van der Waals surface area contributed by atoms with Crippen LogP contribution in [0.25, 0.3) is 11.0 Å². The van der Waals surface area contributed by atoms with E-state index in [0.717, 1.165) is 5.52 Å². The van der Waals surface area contributed by atoms with Crippen LogP contribution in [0, 0.1) is 6.92 Å². The summed E-state index contributed by atoms with van der Waals surface area (Å²) in [6, 6.07) is 6.17. The molecule has 0 bridgehead atoms. The molecule has 0 saturated carbocycles. The lowest BCUT2D eigenvalue weighted by Crippen LogP contribution is -2.22. The highest BCUT2D eigenvalue weighted by molar-refractivity contribution is 8.00. The fraction of sp³-hybridized carbons (Fsp3) is 0.312. The first-order valence-corrected chi connectivity index (χ1v) is 10.6. The number of fused-ring (bicyclic) bond motifs is 1. The van der Waals surface area contributed by atoms with Crippen LogP contribution >= 0.6 is 11.8 Å². The SMILES string of the molecule is CCn1c(SC(C)C(=O)Nc2cc(C)no2)nc2cc(S(N)(=O)=O)ccc21. The van der Waals surface area contributed by atoms with Gasteiger partial charge in [-0.15, -0.1) is 0 Å². The summed E-state index contributed by atoms with van der Waals surface area (Å²) < 4.78 is 30.0. The van der Waals surface area contributed by atoms with E-state index in [4.69, 9.17) is 9.66 Å². The minimum atomic E-state index is -3.81. The van der Waals surface area contributed by atoms with Gasteiger partial charge in [0.25, 0.3) is 0 Å². The lowest BCUT2D eigenvalue weighted by molar-refractivity contribution is -0.115. The molecule has 0 aliphatic rings. The summed E-state index contributed by atoms with van der Waals surface area (Å²) in [5.41, 5.74) is 1.94. The van der Waals surface area contributed by atoms with Crippen molar-refractivity contribution in [3.63, 3.8) is 0 Å². The minimum absolute atomic E-state index is 0.00113. The number of nitrogens with two attached hydrogens (primary N) is 1. The molecule has 27 heavy (non-hydrogen) atoms. The summed E-state index contributed by atoms with van der Waals surface area (Å²) in [4.78, 5) is 16.9. The molecule has 0 spiro atoms. The number of benzene rings is 1. The number of carbonyl (C=O) groups is 1. The molecule has 0 saturated heterocycles. The maximum atomic E-state index is 12.4. The molecule has 11 heteroatoms. The van der Waals surface area contributed by atoms with Crippen molar-refractivity contribution in [3.8, 4) is 0 Å². The Morgan fingerprint density at radius 2 is 2.15 bits per heavy atom. The molecule has 0 aliphatic carbocycles. The summed E-state index contributed by atoms with van der Waals surface area (Å²) in [6.07, 6.45) is 0. The third kappa shape index (κ3) is 4.15. The highest BCUT2D eigenvalue weighted by Crippen LogP contribution is 2.29. The summed E-state index contributed by atoms with van der Waals surface area (Å²) in [6.45, 7) is 6.07. The van der Waals surface area contributed by atoms with Gasteiger partial charge in [0.2, 0.25) is 21.8 Å². The molecular weight excluding hydrogens is 390 g/mol. The number of rotatable bonds is 6. The monoisotopic (exact) mass is 409 g/mol. The van der Waals surface area contributed by atoms with Crippen LogP contribution in [-0.2, 0) is 21.4 Å². The normalized spacial score (nSPS) is 13.0. The Labute approximate surface area is 160 Å². The fourth-order valence-corrected chi connectivity index (χ4v) is 4.04. The van der Waals surface area contributed by atoms with E-state index >= 15 is 0 Å². The topological polar surface area (TPSA) is 133 Å². The van der Waals surface area contributed by atoms with Crippen molar-refractivity contribution in [1.29, 1.82) is 0 Å². The fourth-order valence-electron chi connectivity index (χ4n) is 2.52. The molecule has 3 aromatic rings. The average Bonchev–Trinajstić information content (AvgIpc) is 3.15. The molecule has 3 rings (SSSR count). The van der Waals surface area contributed by atoms with E-state index in [1.165, 1.54) is 23.9 Å². The molecule has 1 unspecified atom stereocenters. The smallest absolute Gasteiger partial charge is 0.240 e. The van der Waals surface area contributed by atoms with Crippen molar-refractivity contribution in [3.05, 3.63) is 30.0 Å². The Hall–Kier alpha value is -2.37. The number of thioether (sulfide) groups is 1. The van der Waals surface area contributed by atoms with E-state index in [1.54, 1.807) is 26.0 Å². The van der Waals surface area contributed by atoms with Crippen LogP contribution in [0.2, 0.25) is 0 Å². The van der Waals surface area contributed by atoms with Gasteiger partial charge in [-0.05, 0) is 39.0 Å². The second-order valence-corrected chi connectivity index (χ2v) is 8.79. The van der Waals surface area contributed by atoms with Crippen molar-refractivity contribution in [1.82, 2.24) is 14.7 Å². The average molecular weight is 409 g/mol. The van der Waals surface area contributed by atoms with Crippen LogP contribution < -0.4 is 10.5 Å². The van der Waals surface area contributed by atoms with E-state index in [-0.39, 0.29) is 16.7 Å². The van der Waals surface area contributed by atoms with Gasteiger partial charge in [-0.2, -0.15) is 0 Å². The van der Waals surface area contributed by atoms with E-state index in [1.807, 2.05) is 11.5 Å². The van der Waals surface area contributed by atoms with Gasteiger partial charge in [0.15, 0.2) is 5.16 Å². The number of nitrogens with one attached hydrogen (secondary N) is 1. The molecular formula is C16H19N5O4S2. The third-order valence-electron chi connectivity index (χ3n) is 3.86. The van der Waals surface area contributed by atoms with Crippen LogP contribution in [0.3, 0.4) is 0 Å². The van der Waals surface area contributed by atoms with Crippen molar-refractivity contribution in [2.75, 3.05) is 5.32 Å². The minimum Gasteiger partial charge on any atom is -0.338 e. The molecule has 1 amide bonds. The van der Waals surface area contributed by atoms with Crippen LogP contribution in [-0.4, -0.2) is 34.3 Å². The first-order valence-electron chi connectivity index (χ1n) is 8.13. The molecule has 3 N–H and O–H groups in total. The number of hydrogen-bond acceptors (Lipinski definition) is 7. The third-order valence-corrected chi connectivity index (χ3v) is 5.86. The standard InChI is InChI=1S/C16H19N5O4S2/c1-4-21-13-6-5-11(27(17,23)24)8-12(13)18-16(21)26-10(3)15(22)19-14-7-9(2)20-25-14/h5-8,10H,4H2,1-3H3,(H,19,22)(H2,17,23,24). The van der Waals surface area contributed by atoms with Crippen molar-refractivity contribution < 1.29 is 17.7 Å². The first-order chi connectivity index (χ1) is 12.7. The molecule has 0 aliphatic heterocycles. The van der Waals surface area contributed by atoms with Gasteiger partial charge in [0.05, 0.1) is 26.9 Å². The number of primary sulfonamides is 1. The zero-order valence-corrected chi connectivity index (χ0v) is 16.6. The lowest BCUT2D eigenvalue weighted by Gasteiger charge is -2.11. The second kappa shape index (κ2) is 7.33.